The molecule has 92 valence electrons. The first kappa shape index (κ1) is 12.4. The molecule has 0 aliphatic carbocycles. The topological polar surface area (TPSA) is 37.4 Å². The molecule has 1 aromatic rings. The number of nitrogens with zero attached hydrogens (tertiary/aromatic N) is 1. The molecule has 1 aliphatic rings. The summed E-state index contributed by atoms with van der Waals surface area (Å²) >= 11 is 0. The summed E-state index contributed by atoms with van der Waals surface area (Å²) in [6.45, 7) is 1.21. The van der Waals surface area contributed by atoms with Gasteiger partial charge in [0.25, 0.3) is 5.91 Å². The Bertz CT molecular complexity index is 479. The first-order valence-corrected chi connectivity index (χ1v) is 6.07. The van der Waals surface area contributed by atoms with Crippen LogP contribution in [-0.4, -0.2) is 29.7 Å². The van der Waals surface area contributed by atoms with Crippen molar-refractivity contribution in [1.82, 2.24) is 4.90 Å². The van der Waals surface area contributed by atoms with E-state index in [-0.39, 0.29) is 17.6 Å². The van der Waals surface area contributed by atoms with Crippen molar-refractivity contribution in [1.29, 1.82) is 0 Å². The van der Waals surface area contributed by atoms with Gasteiger partial charge in [-0.15, -0.1) is 6.42 Å². The van der Waals surface area contributed by atoms with Crippen LogP contribution in [0, 0.1) is 18.3 Å². The molecule has 0 atom stereocenters. The van der Waals surface area contributed by atoms with E-state index in [1.807, 2.05) is 18.2 Å². The molecular formula is C15H15NO2. The molecule has 1 amide bonds. The van der Waals surface area contributed by atoms with Crippen LogP contribution in [0.3, 0.4) is 0 Å². The van der Waals surface area contributed by atoms with E-state index in [1.165, 1.54) is 0 Å². The zero-order valence-corrected chi connectivity index (χ0v) is 10.1. The van der Waals surface area contributed by atoms with Crippen LogP contribution in [0.5, 0.6) is 0 Å². The number of amides is 1. The highest BCUT2D eigenvalue weighted by Gasteiger charge is 2.26. The van der Waals surface area contributed by atoms with E-state index in [9.17, 15) is 9.59 Å². The molecule has 3 nitrogen and oxygen atoms in total. The van der Waals surface area contributed by atoms with Crippen LogP contribution < -0.4 is 0 Å². The summed E-state index contributed by atoms with van der Waals surface area (Å²) in [5, 5.41) is 0. The van der Waals surface area contributed by atoms with Crippen LogP contribution in [0.4, 0.5) is 0 Å². The third kappa shape index (κ3) is 2.60. The molecule has 0 aromatic heterocycles. The summed E-state index contributed by atoms with van der Waals surface area (Å²) in [6, 6.07) is 9.19. The number of carbonyl (C=O) groups is 2. The van der Waals surface area contributed by atoms with Gasteiger partial charge in [0.1, 0.15) is 0 Å². The van der Waals surface area contributed by atoms with Crippen molar-refractivity contribution >= 4 is 11.7 Å². The fraction of sp³-hybridized carbons (Fsp3) is 0.333. The predicted octanol–water partition coefficient (Wildman–Crippen LogP) is 1.74. The van der Waals surface area contributed by atoms with E-state index in [0.29, 0.717) is 31.5 Å². The lowest BCUT2D eigenvalue weighted by Gasteiger charge is -2.30. The minimum atomic E-state index is -0.137. The molecular weight excluding hydrogens is 226 g/mol. The highest BCUT2D eigenvalue weighted by molar-refractivity contribution is 5.97. The minimum absolute atomic E-state index is 0.0298. The largest absolute Gasteiger partial charge is 0.339 e. The maximum atomic E-state index is 12.1. The summed E-state index contributed by atoms with van der Waals surface area (Å²) < 4.78 is 0. The normalized spacial score (nSPS) is 16.1. The van der Waals surface area contributed by atoms with Gasteiger partial charge in [-0.25, -0.2) is 0 Å². The Kier molecular flexibility index (Phi) is 3.78. The van der Waals surface area contributed by atoms with Gasteiger partial charge in [0.05, 0.1) is 0 Å². The number of hydrogen-bond acceptors (Lipinski definition) is 2. The van der Waals surface area contributed by atoms with Crippen LogP contribution in [0.25, 0.3) is 0 Å². The Balaban J connectivity index is 1.97. The zero-order chi connectivity index (χ0) is 13.0. The van der Waals surface area contributed by atoms with Crippen molar-refractivity contribution in [2.45, 2.75) is 12.8 Å². The van der Waals surface area contributed by atoms with E-state index in [1.54, 1.807) is 17.0 Å². The van der Waals surface area contributed by atoms with Gasteiger partial charge in [-0.1, -0.05) is 18.2 Å². The van der Waals surface area contributed by atoms with Gasteiger partial charge < -0.3 is 4.90 Å². The van der Waals surface area contributed by atoms with Gasteiger partial charge in [-0.2, -0.15) is 0 Å². The SMILES string of the molecule is C#CC(=O)C1CCN(C(=O)c2ccccc2)CC1. The molecule has 1 fully saturated rings. The first-order chi connectivity index (χ1) is 8.72. The number of piperidine rings is 1. The second-order valence-corrected chi connectivity index (χ2v) is 4.44. The lowest BCUT2D eigenvalue weighted by Crippen LogP contribution is -2.40. The summed E-state index contributed by atoms with van der Waals surface area (Å²) in [6.07, 6.45) is 6.44. The Morgan fingerprint density at radius 3 is 2.33 bits per heavy atom. The van der Waals surface area contributed by atoms with Crippen LogP contribution in [0.15, 0.2) is 30.3 Å². The Morgan fingerprint density at radius 1 is 1.17 bits per heavy atom. The second-order valence-electron chi connectivity index (χ2n) is 4.44. The molecule has 3 heteroatoms. The van der Waals surface area contributed by atoms with E-state index in [4.69, 9.17) is 6.42 Å². The second kappa shape index (κ2) is 5.50. The van der Waals surface area contributed by atoms with Crippen molar-refractivity contribution in [2.75, 3.05) is 13.1 Å². The van der Waals surface area contributed by atoms with Gasteiger partial charge >= 0.3 is 0 Å². The number of hydrogen-bond donors (Lipinski definition) is 0. The molecule has 1 aliphatic heterocycles. The third-order valence-electron chi connectivity index (χ3n) is 3.32. The summed E-state index contributed by atoms with van der Waals surface area (Å²) in [5.74, 6) is 1.99. The molecule has 1 saturated heterocycles. The van der Waals surface area contributed by atoms with Crippen molar-refractivity contribution in [2.24, 2.45) is 5.92 Å². The summed E-state index contributed by atoms with van der Waals surface area (Å²) in [4.78, 5) is 25.3. The van der Waals surface area contributed by atoms with Crippen LogP contribution >= 0.6 is 0 Å². The van der Waals surface area contributed by atoms with E-state index < -0.39 is 0 Å². The molecule has 0 N–H and O–H groups in total. The molecule has 0 radical (unpaired) electrons. The van der Waals surface area contributed by atoms with Gasteiger partial charge in [0.15, 0.2) is 0 Å². The molecule has 0 saturated carbocycles. The Labute approximate surface area is 107 Å². The van der Waals surface area contributed by atoms with Crippen molar-refractivity contribution in [3.8, 4) is 12.3 Å². The summed E-state index contributed by atoms with van der Waals surface area (Å²) in [5.41, 5.74) is 0.694. The maximum absolute atomic E-state index is 12.1. The number of carbonyl (C=O) groups excluding carboxylic acids is 2. The summed E-state index contributed by atoms with van der Waals surface area (Å²) in [7, 11) is 0. The molecule has 1 aromatic carbocycles. The molecule has 0 unspecified atom stereocenters. The van der Waals surface area contributed by atoms with E-state index in [0.717, 1.165) is 0 Å². The van der Waals surface area contributed by atoms with Crippen LogP contribution in [-0.2, 0) is 4.79 Å². The van der Waals surface area contributed by atoms with Gasteiger partial charge in [0.2, 0.25) is 5.78 Å². The van der Waals surface area contributed by atoms with Crippen LogP contribution in [0.2, 0.25) is 0 Å². The smallest absolute Gasteiger partial charge is 0.253 e. The zero-order valence-electron chi connectivity index (χ0n) is 10.1. The van der Waals surface area contributed by atoms with Crippen molar-refractivity contribution in [3.05, 3.63) is 35.9 Å². The Hall–Kier alpha value is -2.08. The van der Waals surface area contributed by atoms with Gasteiger partial charge in [0, 0.05) is 24.6 Å². The van der Waals surface area contributed by atoms with Crippen LogP contribution in [0.1, 0.15) is 23.2 Å². The standard InChI is InChI=1S/C15H15NO2/c1-2-14(17)12-8-10-16(11-9-12)15(18)13-6-4-3-5-7-13/h1,3-7,12H,8-11H2. The predicted molar refractivity (Wildman–Crippen MR) is 68.9 cm³/mol. The van der Waals surface area contributed by atoms with Gasteiger partial charge in [-0.3, -0.25) is 9.59 Å². The van der Waals surface area contributed by atoms with E-state index >= 15 is 0 Å². The van der Waals surface area contributed by atoms with Crippen molar-refractivity contribution in [3.63, 3.8) is 0 Å². The molecule has 0 spiro atoms. The first-order valence-electron chi connectivity index (χ1n) is 6.07. The average molecular weight is 241 g/mol. The lowest BCUT2D eigenvalue weighted by atomic mass is 9.92. The highest BCUT2D eigenvalue weighted by atomic mass is 16.2. The average Bonchev–Trinajstić information content (AvgIpc) is 2.47. The number of likely N-dealkylation sites (tertiary alicyclic amines) is 1. The quantitative estimate of drug-likeness (QED) is 0.584. The number of benzene rings is 1. The number of ketones is 1. The van der Waals surface area contributed by atoms with Crippen molar-refractivity contribution < 1.29 is 9.59 Å². The number of rotatable bonds is 2. The third-order valence-corrected chi connectivity index (χ3v) is 3.32. The fourth-order valence-corrected chi connectivity index (χ4v) is 2.23. The fourth-order valence-electron chi connectivity index (χ4n) is 2.23. The Morgan fingerprint density at radius 2 is 1.78 bits per heavy atom. The number of Topliss-reactive ketones (excluding diaryl/α,β-unsaturated/α-hetero) is 1. The lowest BCUT2D eigenvalue weighted by molar-refractivity contribution is -0.118. The van der Waals surface area contributed by atoms with Gasteiger partial charge in [-0.05, 0) is 30.9 Å². The molecule has 0 bridgehead atoms. The molecule has 18 heavy (non-hydrogen) atoms. The molecule has 2 rings (SSSR count). The number of terminal acetylenes is 1. The minimum Gasteiger partial charge on any atom is -0.339 e. The maximum Gasteiger partial charge on any atom is 0.253 e. The monoisotopic (exact) mass is 241 g/mol. The molecule has 1 heterocycles. The van der Waals surface area contributed by atoms with E-state index in [2.05, 4.69) is 5.92 Å². The highest BCUT2D eigenvalue weighted by Crippen LogP contribution is 2.19.